The molecule has 0 bridgehead atoms. The summed E-state index contributed by atoms with van der Waals surface area (Å²) in [6.07, 6.45) is 2.93. The molecule has 2 heterocycles. The summed E-state index contributed by atoms with van der Waals surface area (Å²) in [5, 5.41) is 6.32. The second-order valence-corrected chi connectivity index (χ2v) is 9.08. The zero-order valence-electron chi connectivity index (χ0n) is 16.3. The van der Waals surface area contributed by atoms with Gasteiger partial charge < -0.3 is 5.32 Å². The summed E-state index contributed by atoms with van der Waals surface area (Å²) >= 11 is 0. The summed E-state index contributed by atoms with van der Waals surface area (Å²) in [6.45, 7) is 6.87. The molecule has 1 aromatic heterocycles. The number of halogens is 1. The number of sulfonamides is 1. The second-order valence-electron chi connectivity index (χ2n) is 7.23. The number of rotatable bonds is 5. The number of aromatic nitrogens is 2. The first-order valence-electron chi connectivity index (χ1n) is 9.37. The van der Waals surface area contributed by atoms with Gasteiger partial charge >= 0.3 is 0 Å². The normalized spacial score (nSPS) is 16.3. The third kappa shape index (κ3) is 4.10. The lowest BCUT2D eigenvalue weighted by Gasteiger charge is -2.28. The third-order valence-corrected chi connectivity index (χ3v) is 6.83. The number of aryl methyl sites for hydroxylation is 2. The van der Waals surface area contributed by atoms with Crippen molar-refractivity contribution in [2.75, 3.05) is 18.4 Å². The molecule has 0 spiro atoms. The highest BCUT2D eigenvalue weighted by Gasteiger charge is 2.34. The number of nitrogens with one attached hydrogen (secondary N) is 1. The lowest BCUT2D eigenvalue weighted by molar-refractivity contribution is 0.102. The molecule has 1 aromatic carbocycles. The van der Waals surface area contributed by atoms with E-state index in [2.05, 4.69) is 17.3 Å². The molecule has 1 saturated heterocycles. The Balaban J connectivity index is 1.94. The number of amides is 1. The summed E-state index contributed by atoms with van der Waals surface area (Å²) in [6, 6.07) is 4.35. The highest BCUT2D eigenvalue weighted by molar-refractivity contribution is 7.89. The minimum absolute atomic E-state index is 0.00407. The van der Waals surface area contributed by atoms with Crippen LogP contribution in [0.4, 0.5) is 10.1 Å². The van der Waals surface area contributed by atoms with Crippen LogP contribution in [0.1, 0.15) is 42.6 Å². The molecule has 0 aliphatic carbocycles. The first-order valence-corrected chi connectivity index (χ1v) is 10.8. The van der Waals surface area contributed by atoms with Gasteiger partial charge in [0.25, 0.3) is 15.9 Å². The first-order chi connectivity index (χ1) is 13.2. The molecule has 1 N–H and O–H groups in total. The van der Waals surface area contributed by atoms with Crippen molar-refractivity contribution in [1.29, 1.82) is 0 Å². The van der Waals surface area contributed by atoms with E-state index >= 15 is 0 Å². The zero-order chi connectivity index (χ0) is 20.5. The molecule has 2 aromatic rings. The third-order valence-electron chi connectivity index (χ3n) is 4.99. The molecule has 7 nitrogen and oxygen atoms in total. The number of hydrogen-bond donors (Lipinski definition) is 1. The minimum Gasteiger partial charge on any atom is -0.319 e. The monoisotopic (exact) mass is 408 g/mol. The number of hydrogen-bond acceptors (Lipinski definition) is 4. The Bertz CT molecular complexity index is 979. The zero-order valence-corrected chi connectivity index (χ0v) is 17.1. The molecule has 0 saturated carbocycles. The van der Waals surface area contributed by atoms with Crippen LogP contribution in [-0.2, 0) is 16.6 Å². The van der Waals surface area contributed by atoms with Gasteiger partial charge in [-0.15, -0.1) is 0 Å². The van der Waals surface area contributed by atoms with Gasteiger partial charge in [0.2, 0.25) is 5.03 Å². The van der Waals surface area contributed by atoms with Crippen LogP contribution in [0.15, 0.2) is 29.4 Å². The highest BCUT2D eigenvalue weighted by Crippen LogP contribution is 2.26. The van der Waals surface area contributed by atoms with Gasteiger partial charge in [-0.2, -0.15) is 9.40 Å². The van der Waals surface area contributed by atoms with E-state index in [1.807, 2.05) is 0 Å². The molecule has 1 aliphatic rings. The Hall–Kier alpha value is -2.26. The molecule has 9 heteroatoms. The van der Waals surface area contributed by atoms with Crippen LogP contribution in [0.5, 0.6) is 0 Å². The minimum atomic E-state index is -3.91. The van der Waals surface area contributed by atoms with Crippen LogP contribution in [0, 0.1) is 18.7 Å². The number of anilines is 1. The highest BCUT2D eigenvalue weighted by atomic mass is 32.2. The van der Waals surface area contributed by atoms with Crippen LogP contribution in [0.3, 0.4) is 0 Å². The predicted octanol–water partition coefficient (Wildman–Crippen LogP) is 3.02. The van der Waals surface area contributed by atoms with Gasteiger partial charge in [-0.3, -0.25) is 9.48 Å². The lowest BCUT2D eigenvalue weighted by Crippen LogP contribution is -2.38. The fourth-order valence-corrected chi connectivity index (χ4v) is 4.75. The van der Waals surface area contributed by atoms with Crippen LogP contribution in [0.2, 0.25) is 0 Å². The number of piperidine rings is 1. The van der Waals surface area contributed by atoms with Gasteiger partial charge in [-0.25, -0.2) is 12.8 Å². The maximum Gasteiger partial charge on any atom is 0.263 e. The van der Waals surface area contributed by atoms with E-state index in [0.29, 0.717) is 25.6 Å². The average Bonchev–Trinajstić information content (AvgIpc) is 3.10. The summed E-state index contributed by atoms with van der Waals surface area (Å²) < 4.78 is 43.0. The van der Waals surface area contributed by atoms with E-state index in [-0.39, 0.29) is 16.3 Å². The van der Waals surface area contributed by atoms with Gasteiger partial charge in [0.1, 0.15) is 5.82 Å². The topological polar surface area (TPSA) is 84.3 Å². The standard InChI is InChI=1S/C19H25FN4O3S/c1-4-23-12-15(18(25)21-17-11-14(3)5-6-16(17)20)19(22-23)28(26,27)24-9-7-13(2)8-10-24/h5-6,11-13H,4,7-10H2,1-3H3,(H,21,25). The van der Waals surface area contributed by atoms with E-state index in [9.17, 15) is 17.6 Å². The van der Waals surface area contributed by atoms with Crippen LogP contribution >= 0.6 is 0 Å². The number of benzene rings is 1. The Labute approximate surface area is 164 Å². The van der Waals surface area contributed by atoms with Crippen molar-refractivity contribution < 1.29 is 17.6 Å². The quantitative estimate of drug-likeness (QED) is 0.824. The summed E-state index contributed by atoms with van der Waals surface area (Å²) in [5.41, 5.74) is 0.696. The summed E-state index contributed by atoms with van der Waals surface area (Å²) in [7, 11) is -3.91. The van der Waals surface area contributed by atoms with Crippen molar-refractivity contribution in [1.82, 2.24) is 14.1 Å². The lowest BCUT2D eigenvalue weighted by atomic mass is 10.0. The molecule has 0 unspecified atom stereocenters. The van der Waals surface area contributed by atoms with Gasteiger partial charge in [0.05, 0.1) is 11.3 Å². The Morgan fingerprint density at radius 1 is 1.32 bits per heavy atom. The molecule has 1 fully saturated rings. The molecular formula is C19H25FN4O3S. The van der Waals surface area contributed by atoms with Crippen molar-refractivity contribution in [2.24, 2.45) is 5.92 Å². The predicted molar refractivity (Wildman–Crippen MR) is 104 cm³/mol. The fourth-order valence-electron chi connectivity index (χ4n) is 3.18. The van der Waals surface area contributed by atoms with E-state index < -0.39 is 21.7 Å². The van der Waals surface area contributed by atoms with E-state index in [1.54, 1.807) is 19.9 Å². The van der Waals surface area contributed by atoms with Gasteiger partial charge in [0, 0.05) is 25.8 Å². The Kier molecular flexibility index (Phi) is 5.85. The molecule has 1 aliphatic heterocycles. The average molecular weight is 408 g/mol. The van der Waals surface area contributed by atoms with E-state index in [0.717, 1.165) is 18.4 Å². The van der Waals surface area contributed by atoms with Gasteiger partial charge in [0.15, 0.2) is 0 Å². The van der Waals surface area contributed by atoms with Crippen LogP contribution < -0.4 is 5.32 Å². The Morgan fingerprint density at radius 3 is 2.64 bits per heavy atom. The summed E-state index contributed by atoms with van der Waals surface area (Å²) in [5.74, 6) is -0.823. The number of nitrogens with zero attached hydrogens (tertiary/aromatic N) is 3. The second kappa shape index (κ2) is 8.00. The Morgan fingerprint density at radius 2 is 2.00 bits per heavy atom. The maximum atomic E-state index is 14.0. The molecule has 28 heavy (non-hydrogen) atoms. The largest absolute Gasteiger partial charge is 0.319 e. The molecule has 3 rings (SSSR count). The molecule has 152 valence electrons. The SMILES string of the molecule is CCn1cc(C(=O)Nc2cc(C)ccc2F)c(S(=O)(=O)N2CCC(C)CC2)n1. The number of carbonyl (C=O) groups excluding carboxylic acids is 1. The molecule has 0 radical (unpaired) electrons. The van der Waals surface area contributed by atoms with E-state index in [1.165, 1.54) is 27.3 Å². The number of carbonyl (C=O) groups is 1. The fraction of sp³-hybridized carbons (Fsp3) is 0.474. The van der Waals surface area contributed by atoms with Crippen LogP contribution in [-0.4, -0.2) is 41.5 Å². The maximum absolute atomic E-state index is 14.0. The van der Waals surface area contributed by atoms with Crippen molar-refractivity contribution in [3.8, 4) is 0 Å². The van der Waals surface area contributed by atoms with Crippen molar-refractivity contribution in [3.05, 3.63) is 41.3 Å². The first kappa shape index (κ1) is 20.5. The smallest absolute Gasteiger partial charge is 0.263 e. The molecular weight excluding hydrogens is 383 g/mol. The van der Waals surface area contributed by atoms with E-state index in [4.69, 9.17) is 0 Å². The van der Waals surface area contributed by atoms with Gasteiger partial charge in [-0.1, -0.05) is 13.0 Å². The molecule has 0 atom stereocenters. The van der Waals surface area contributed by atoms with Gasteiger partial charge in [-0.05, 0) is 50.3 Å². The molecule has 1 amide bonds. The summed E-state index contributed by atoms with van der Waals surface area (Å²) in [4.78, 5) is 12.8. The van der Waals surface area contributed by atoms with Crippen molar-refractivity contribution >= 4 is 21.6 Å². The van der Waals surface area contributed by atoms with Crippen molar-refractivity contribution in [3.63, 3.8) is 0 Å². The van der Waals surface area contributed by atoms with Crippen molar-refractivity contribution in [2.45, 2.75) is 45.2 Å². The van der Waals surface area contributed by atoms with Crippen LogP contribution in [0.25, 0.3) is 0 Å².